The smallest absolute Gasteiger partial charge is 0.347 e. The molecule has 0 aliphatic carbocycles. The molecule has 5 heteroatoms. The second kappa shape index (κ2) is 6.77. The van der Waals surface area contributed by atoms with Gasteiger partial charge in [-0.3, -0.25) is 0 Å². The van der Waals surface area contributed by atoms with Crippen LogP contribution < -0.4 is 0 Å². The third-order valence-electron chi connectivity index (χ3n) is 3.56. The van der Waals surface area contributed by atoms with Gasteiger partial charge in [0.05, 0.1) is 17.9 Å². The lowest BCUT2D eigenvalue weighted by Gasteiger charge is -2.19. The third-order valence-corrected chi connectivity index (χ3v) is 5.83. The Labute approximate surface area is 145 Å². The van der Waals surface area contributed by atoms with Crippen LogP contribution in [0.5, 0.6) is 0 Å². The summed E-state index contributed by atoms with van der Waals surface area (Å²) in [5.41, 5.74) is 3.37. The molecular formula is C18H19NO2S2. The van der Waals surface area contributed by atoms with E-state index in [2.05, 4.69) is 37.7 Å². The van der Waals surface area contributed by atoms with Crippen LogP contribution in [0.25, 0.3) is 16.0 Å². The van der Waals surface area contributed by atoms with Gasteiger partial charge in [-0.2, -0.15) is 0 Å². The second-order valence-corrected chi connectivity index (χ2v) is 8.17. The molecule has 2 aromatic rings. The van der Waals surface area contributed by atoms with Crippen molar-refractivity contribution < 1.29 is 9.53 Å². The average Bonchev–Trinajstić information content (AvgIpc) is 2.91. The molecule has 0 amide bonds. The van der Waals surface area contributed by atoms with Gasteiger partial charge in [-0.25, -0.2) is 9.64 Å². The van der Waals surface area contributed by atoms with Gasteiger partial charge in [-0.15, -0.1) is 23.1 Å². The normalized spacial score (nSPS) is 11.1. The SMILES string of the molecule is [C-]#[N+]c1c(SC)sc(C(=O)OC)c1-c1ccc(C(C)(C)C)cc1. The van der Waals surface area contributed by atoms with Gasteiger partial charge in [-0.1, -0.05) is 45.0 Å². The molecule has 1 aromatic carbocycles. The maximum atomic E-state index is 12.1. The van der Waals surface area contributed by atoms with Crippen LogP contribution in [0.2, 0.25) is 0 Å². The van der Waals surface area contributed by atoms with Gasteiger partial charge >= 0.3 is 5.97 Å². The molecule has 3 nitrogen and oxygen atoms in total. The van der Waals surface area contributed by atoms with Gasteiger partial charge < -0.3 is 4.74 Å². The Morgan fingerprint density at radius 1 is 1.26 bits per heavy atom. The summed E-state index contributed by atoms with van der Waals surface area (Å²) in [4.78, 5) is 16.3. The number of carbonyl (C=O) groups is 1. The van der Waals surface area contributed by atoms with Gasteiger partial charge in [0.15, 0.2) is 0 Å². The van der Waals surface area contributed by atoms with Crippen molar-refractivity contribution in [2.24, 2.45) is 0 Å². The molecule has 0 N–H and O–H groups in total. The third kappa shape index (κ3) is 3.44. The molecule has 1 aromatic heterocycles. The molecule has 0 aliphatic rings. The monoisotopic (exact) mass is 345 g/mol. The lowest BCUT2D eigenvalue weighted by molar-refractivity contribution is 0.0607. The minimum Gasteiger partial charge on any atom is -0.465 e. The molecule has 0 unspecified atom stereocenters. The molecule has 120 valence electrons. The van der Waals surface area contributed by atoms with E-state index in [4.69, 9.17) is 11.3 Å². The van der Waals surface area contributed by atoms with Crippen LogP contribution in [0.4, 0.5) is 5.69 Å². The highest BCUT2D eigenvalue weighted by molar-refractivity contribution is 8.00. The van der Waals surface area contributed by atoms with Gasteiger partial charge in [-0.05, 0) is 22.8 Å². The van der Waals surface area contributed by atoms with Crippen molar-refractivity contribution in [2.45, 2.75) is 30.4 Å². The van der Waals surface area contributed by atoms with Gasteiger partial charge in [0.25, 0.3) is 0 Å². The topological polar surface area (TPSA) is 30.7 Å². The highest BCUT2D eigenvalue weighted by Crippen LogP contribution is 2.47. The molecular weight excluding hydrogens is 326 g/mol. The molecule has 0 saturated heterocycles. The molecule has 0 spiro atoms. The largest absolute Gasteiger partial charge is 0.465 e. The number of hydrogen-bond acceptors (Lipinski definition) is 4. The Hall–Kier alpha value is -1.77. The lowest BCUT2D eigenvalue weighted by atomic mass is 9.86. The van der Waals surface area contributed by atoms with Crippen LogP contribution in [0.1, 0.15) is 36.0 Å². The maximum absolute atomic E-state index is 12.1. The molecule has 0 fully saturated rings. The summed E-state index contributed by atoms with van der Waals surface area (Å²) in [6.07, 6.45) is 1.91. The quantitative estimate of drug-likeness (QED) is 0.402. The van der Waals surface area contributed by atoms with Crippen LogP contribution >= 0.6 is 23.1 Å². The summed E-state index contributed by atoms with van der Waals surface area (Å²) >= 11 is 2.80. The van der Waals surface area contributed by atoms with Crippen molar-refractivity contribution in [3.05, 3.63) is 46.1 Å². The van der Waals surface area contributed by atoms with E-state index < -0.39 is 5.97 Å². The van der Waals surface area contributed by atoms with E-state index in [0.717, 1.165) is 9.77 Å². The fourth-order valence-corrected chi connectivity index (χ4v) is 4.12. The minimum absolute atomic E-state index is 0.0609. The number of thioether (sulfide) groups is 1. The summed E-state index contributed by atoms with van der Waals surface area (Å²) in [5, 5.41) is 0. The Morgan fingerprint density at radius 2 is 1.87 bits per heavy atom. The molecule has 0 atom stereocenters. The minimum atomic E-state index is -0.393. The standard InChI is InChI=1S/C18H19NO2S2/c1-18(2,3)12-9-7-11(8-10-12)13-14(19-4)17(22-6)23-15(13)16(20)21-5/h7-10H,1-3,5-6H3. The van der Waals surface area contributed by atoms with Crippen molar-refractivity contribution in [3.63, 3.8) is 0 Å². The van der Waals surface area contributed by atoms with Crippen LogP contribution in [0, 0.1) is 6.57 Å². The zero-order valence-electron chi connectivity index (χ0n) is 13.9. The first-order valence-corrected chi connectivity index (χ1v) is 9.15. The van der Waals surface area contributed by atoms with Crippen molar-refractivity contribution in [3.8, 4) is 11.1 Å². The number of hydrogen-bond donors (Lipinski definition) is 0. The summed E-state index contributed by atoms with van der Waals surface area (Å²) in [5.74, 6) is -0.393. The average molecular weight is 345 g/mol. The Balaban J connectivity index is 2.64. The number of thiophene rings is 1. The van der Waals surface area contributed by atoms with E-state index in [1.54, 1.807) is 0 Å². The molecule has 2 rings (SSSR count). The van der Waals surface area contributed by atoms with E-state index in [1.165, 1.54) is 35.8 Å². The number of benzene rings is 1. The highest BCUT2D eigenvalue weighted by atomic mass is 32.2. The van der Waals surface area contributed by atoms with Crippen LogP contribution in [0.15, 0.2) is 28.5 Å². The zero-order valence-corrected chi connectivity index (χ0v) is 15.5. The first-order chi connectivity index (χ1) is 10.8. The second-order valence-electron chi connectivity index (χ2n) is 6.08. The molecule has 0 bridgehead atoms. The molecule has 0 saturated carbocycles. The fraction of sp³-hybridized carbons (Fsp3) is 0.333. The number of methoxy groups -OCH3 is 1. The van der Waals surface area contributed by atoms with Gasteiger partial charge in [0.1, 0.15) is 4.88 Å². The summed E-state index contributed by atoms with van der Waals surface area (Å²) in [6, 6.07) is 8.07. The number of carbonyl (C=O) groups excluding carboxylic acids is 1. The number of rotatable bonds is 3. The molecule has 0 aliphatic heterocycles. The van der Waals surface area contributed by atoms with Crippen LogP contribution in [0.3, 0.4) is 0 Å². The van der Waals surface area contributed by atoms with Crippen molar-refractivity contribution in [2.75, 3.05) is 13.4 Å². The predicted octanol–water partition coefficient (Wildman–Crippen LogP) is 5.77. The predicted molar refractivity (Wildman–Crippen MR) is 97.8 cm³/mol. The summed E-state index contributed by atoms with van der Waals surface area (Å²) < 4.78 is 5.74. The van der Waals surface area contributed by atoms with Crippen molar-refractivity contribution in [1.82, 2.24) is 0 Å². The van der Waals surface area contributed by atoms with Crippen molar-refractivity contribution >= 4 is 34.8 Å². The first-order valence-electron chi connectivity index (χ1n) is 7.11. The van der Waals surface area contributed by atoms with E-state index in [1.807, 2.05) is 18.4 Å². The number of esters is 1. The molecule has 0 radical (unpaired) electrons. The van der Waals surface area contributed by atoms with Crippen LogP contribution in [-0.4, -0.2) is 19.3 Å². The Kier molecular flexibility index (Phi) is 5.18. The van der Waals surface area contributed by atoms with Crippen molar-refractivity contribution in [1.29, 1.82) is 0 Å². The molecule has 1 heterocycles. The van der Waals surface area contributed by atoms with Gasteiger partial charge in [0.2, 0.25) is 5.69 Å². The maximum Gasteiger partial charge on any atom is 0.347 e. The van der Waals surface area contributed by atoms with E-state index in [0.29, 0.717) is 16.1 Å². The lowest BCUT2D eigenvalue weighted by Crippen LogP contribution is -2.10. The number of ether oxygens (including phenoxy) is 1. The Bertz CT molecular complexity index is 762. The number of nitrogens with zero attached hydrogens (tertiary/aromatic N) is 1. The van der Waals surface area contributed by atoms with Gasteiger partial charge in [0, 0.05) is 5.56 Å². The fourth-order valence-electron chi connectivity index (χ4n) is 2.28. The van der Waals surface area contributed by atoms with E-state index in [9.17, 15) is 4.79 Å². The summed E-state index contributed by atoms with van der Waals surface area (Å²) in [7, 11) is 1.37. The molecule has 23 heavy (non-hydrogen) atoms. The summed E-state index contributed by atoms with van der Waals surface area (Å²) in [6.45, 7) is 14.0. The van der Waals surface area contributed by atoms with E-state index in [-0.39, 0.29) is 5.41 Å². The highest BCUT2D eigenvalue weighted by Gasteiger charge is 2.25. The Morgan fingerprint density at radius 3 is 2.30 bits per heavy atom. The van der Waals surface area contributed by atoms with E-state index >= 15 is 0 Å². The zero-order chi connectivity index (χ0) is 17.2. The van der Waals surface area contributed by atoms with Crippen LogP contribution in [-0.2, 0) is 10.2 Å². The first kappa shape index (κ1) is 17.6.